The average molecular weight is 400 g/mol. The van der Waals surface area contributed by atoms with Gasteiger partial charge in [-0.3, -0.25) is 4.98 Å². The number of H-pyrrole nitrogens is 1. The van der Waals surface area contributed by atoms with E-state index in [0.29, 0.717) is 6.61 Å². The highest BCUT2D eigenvalue weighted by Gasteiger charge is 2.07. The van der Waals surface area contributed by atoms with E-state index in [9.17, 15) is 0 Å². The number of para-hydroxylation sites is 1. The Morgan fingerprint density at radius 3 is 2.67 bits per heavy atom. The summed E-state index contributed by atoms with van der Waals surface area (Å²) >= 11 is 0. The van der Waals surface area contributed by atoms with Gasteiger partial charge in [0.15, 0.2) is 0 Å². The van der Waals surface area contributed by atoms with Gasteiger partial charge in [0.25, 0.3) is 0 Å². The molecule has 0 amide bonds. The van der Waals surface area contributed by atoms with Gasteiger partial charge in [0.1, 0.15) is 0 Å². The topological polar surface area (TPSA) is 49.9 Å². The Balaban J connectivity index is 1.32. The minimum absolute atomic E-state index is 0.00345. The number of aromatic nitrogens is 2. The van der Waals surface area contributed by atoms with Crippen molar-refractivity contribution in [2.45, 2.75) is 39.2 Å². The van der Waals surface area contributed by atoms with E-state index in [1.807, 2.05) is 26.1 Å². The molecular weight excluding hydrogens is 370 g/mol. The van der Waals surface area contributed by atoms with Gasteiger partial charge in [0, 0.05) is 41.3 Å². The highest BCUT2D eigenvalue weighted by molar-refractivity contribution is 5.83. The fraction of sp³-hybridized carbons (Fsp3) is 0.269. The Kier molecular flexibility index (Phi) is 6.45. The summed E-state index contributed by atoms with van der Waals surface area (Å²) in [6.07, 6.45) is 7.26. The number of hydrogen-bond acceptors (Lipinski definition) is 3. The number of rotatable bonds is 9. The van der Waals surface area contributed by atoms with Crippen molar-refractivity contribution in [2.75, 3.05) is 11.9 Å². The number of pyridine rings is 1. The van der Waals surface area contributed by atoms with Gasteiger partial charge >= 0.3 is 0 Å². The van der Waals surface area contributed by atoms with Crippen molar-refractivity contribution in [2.24, 2.45) is 0 Å². The molecule has 1 atom stereocenters. The van der Waals surface area contributed by atoms with E-state index in [2.05, 4.69) is 76.1 Å². The summed E-state index contributed by atoms with van der Waals surface area (Å²) in [5.74, 6) is 0. The number of aryl methyl sites for hydroxylation is 2. The van der Waals surface area contributed by atoms with Crippen LogP contribution >= 0.6 is 0 Å². The first-order valence-corrected chi connectivity index (χ1v) is 10.7. The summed E-state index contributed by atoms with van der Waals surface area (Å²) in [5, 5.41) is 4.81. The predicted molar refractivity (Wildman–Crippen MR) is 124 cm³/mol. The lowest BCUT2D eigenvalue weighted by atomic mass is 10.0. The molecule has 2 heterocycles. The number of hydrogen-bond donors (Lipinski definition) is 2. The number of anilines is 2. The summed E-state index contributed by atoms with van der Waals surface area (Å²) in [7, 11) is 0. The first-order chi connectivity index (χ1) is 14.7. The molecule has 4 nitrogen and oxygen atoms in total. The molecule has 4 aromatic rings. The zero-order chi connectivity index (χ0) is 20.8. The second kappa shape index (κ2) is 9.59. The van der Waals surface area contributed by atoms with Gasteiger partial charge in [0.2, 0.25) is 0 Å². The Morgan fingerprint density at radius 1 is 1.00 bits per heavy atom. The number of nitrogens with zero attached hydrogens (tertiary/aromatic N) is 1. The van der Waals surface area contributed by atoms with Crippen LogP contribution in [-0.4, -0.2) is 16.6 Å². The van der Waals surface area contributed by atoms with Crippen LogP contribution in [0.1, 0.15) is 43.2 Å². The maximum Gasteiger partial charge on any atom is 0.0967 e. The van der Waals surface area contributed by atoms with E-state index < -0.39 is 0 Å². The standard InChI is InChI=1S/C26H29N3O/c1-3-30-19(2)26-17-23(15-16-27-26)29-22-13-11-20(12-14-22)7-6-8-21-18-28-25-10-5-4-9-24(21)25/h4-5,9-19,28H,3,6-8H2,1-2H3,(H,27,29). The van der Waals surface area contributed by atoms with Crippen LogP contribution in [0, 0.1) is 0 Å². The van der Waals surface area contributed by atoms with Crippen molar-refractivity contribution in [1.82, 2.24) is 9.97 Å². The highest BCUT2D eigenvalue weighted by atomic mass is 16.5. The van der Waals surface area contributed by atoms with Crippen molar-refractivity contribution in [1.29, 1.82) is 0 Å². The molecule has 4 rings (SSSR count). The molecule has 0 saturated heterocycles. The van der Waals surface area contributed by atoms with Crippen LogP contribution in [0.2, 0.25) is 0 Å². The van der Waals surface area contributed by atoms with Crippen molar-refractivity contribution in [3.05, 3.63) is 89.9 Å². The summed E-state index contributed by atoms with van der Waals surface area (Å²) in [6, 6.07) is 21.3. The minimum atomic E-state index is -0.00345. The number of ether oxygens (including phenoxy) is 1. The van der Waals surface area contributed by atoms with Crippen LogP contribution in [0.4, 0.5) is 11.4 Å². The molecular formula is C26H29N3O. The zero-order valence-corrected chi connectivity index (χ0v) is 17.7. The van der Waals surface area contributed by atoms with Gasteiger partial charge in [-0.1, -0.05) is 30.3 Å². The number of aromatic amines is 1. The Hall–Kier alpha value is -3.11. The fourth-order valence-corrected chi connectivity index (χ4v) is 3.83. The van der Waals surface area contributed by atoms with Gasteiger partial charge in [-0.25, -0.2) is 0 Å². The predicted octanol–water partition coefficient (Wildman–Crippen LogP) is 6.58. The molecule has 2 aromatic carbocycles. The van der Waals surface area contributed by atoms with E-state index in [-0.39, 0.29) is 6.10 Å². The quantitative estimate of drug-likeness (QED) is 0.334. The first kappa shape index (κ1) is 20.2. The third kappa shape index (κ3) is 4.89. The van der Waals surface area contributed by atoms with E-state index in [0.717, 1.165) is 36.3 Å². The maximum atomic E-state index is 5.64. The van der Waals surface area contributed by atoms with Gasteiger partial charge in [-0.2, -0.15) is 0 Å². The number of benzene rings is 2. The van der Waals surface area contributed by atoms with Gasteiger partial charge in [-0.05, 0) is 74.6 Å². The molecule has 0 aliphatic carbocycles. The van der Waals surface area contributed by atoms with Crippen LogP contribution in [0.15, 0.2) is 73.1 Å². The average Bonchev–Trinajstić information content (AvgIpc) is 3.19. The molecule has 0 aliphatic rings. The number of fused-ring (bicyclic) bond motifs is 1. The van der Waals surface area contributed by atoms with Crippen molar-refractivity contribution < 1.29 is 4.74 Å². The normalized spacial score (nSPS) is 12.2. The van der Waals surface area contributed by atoms with Crippen molar-refractivity contribution >= 4 is 22.3 Å². The van der Waals surface area contributed by atoms with Crippen LogP contribution in [0.5, 0.6) is 0 Å². The molecule has 0 radical (unpaired) electrons. The van der Waals surface area contributed by atoms with E-state index >= 15 is 0 Å². The molecule has 4 heteroatoms. The molecule has 0 fully saturated rings. The minimum Gasteiger partial charge on any atom is -0.372 e. The van der Waals surface area contributed by atoms with Gasteiger partial charge < -0.3 is 15.0 Å². The molecule has 0 aliphatic heterocycles. The number of nitrogens with one attached hydrogen (secondary N) is 2. The maximum absolute atomic E-state index is 5.64. The Morgan fingerprint density at radius 2 is 1.83 bits per heavy atom. The van der Waals surface area contributed by atoms with E-state index in [1.54, 1.807) is 0 Å². The van der Waals surface area contributed by atoms with Crippen molar-refractivity contribution in [3.63, 3.8) is 0 Å². The summed E-state index contributed by atoms with van der Waals surface area (Å²) < 4.78 is 5.64. The highest BCUT2D eigenvalue weighted by Crippen LogP contribution is 2.23. The lowest BCUT2D eigenvalue weighted by Gasteiger charge is -2.13. The third-order valence-corrected chi connectivity index (χ3v) is 5.44. The summed E-state index contributed by atoms with van der Waals surface area (Å²) in [4.78, 5) is 7.78. The Bertz CT molecular complexity index is 1080. The zero-order valence-electron chi connectivity index (χ0n) is 17.7. The van der Waals surface area contributed by atoms with Gasteiger partial charge in [0.05, 0.1) is 11.8 Å². The molecule has 0 saturated carbocycles. The van der Waals surface area contributed by atoms with E-state index in [1.165, 1.54) is 22.0 Å². The first-order valence-electron chi connectivity index (χ1n) is 10.7. The second-order valence-corrected chi connectivity index (χ2v) is 7.60. The lowest BCUT2D eigenvalue weighted by Crippen LogP contribution is -2.02. The fourth-order valence-electron chi connectivity index (χ4n) is 3.83. The molecule has 1 unspecified atom stereocenters. The molecule has 154 valence electrons. The van der Waals surface area contributed by atoms with E-state index in [4.69, 9.17) is 4.74 Å². The van der Waals surface area contributed by atoms with Gasteiger partial charge in [-0.15, -0.1) is 0 Å². The SMILES string of the molecule is CCOC(C)c1cc(Nc2ccc(CCCc3c[nH]c4ccccc34)cc2)ccn1. The lowest BCUT2D eigenvalue weighted by molar-refractivity contribution is 0.0734. The molecule has 0 bridgehead atoms. The summed E-state index contributed by atoms with van der Waals surface area (Å²) in [6.45, 7) is 4.71. The summed E-state index contributed by atoms with van der Waals surface area (Å²) in [5.41, 5.74) is 7.03. The van der Waals surface area contributed by atoms with Crippen molar-refractivity contribution in [3.8, 4) is 0 Å². The molecule has 2 aromatic heterocycles. The second-order valence-electron chi connectivity index (χ2n) is 7.60. The largest absolute Gasteiger partial charge is 0.372 e. The third-order valence-electron chi connectivity index (χ3n) is 5.44. The molecule has 2 N–H and O–H groups in total. The molecule has 0 spiro atoms. The van der Waals surface area contributed by atoms with Crippen LogP contribution in [-0.2, 0) is 17.6 Å². The Labute approximate surface area is 178 Å². The molecule has 30 heavy (non-hydrogen) atoms. The van der Waals surface area contributed by atoms with Crippen LogP contribution in [0.25, 0.3) is 10.9 Å². The monoisotopic (exact) mass is 399 g/mol. The van der Waals surface area contributed by atoms with Crippen LogP contribution in [0.3, 0.4) is 0 Å². The smallest absolute Gasteiger partial charge is 0.0967 e. The van der Waals surface area contributed by atoms with Crippen LogP contribution < -0.4 is 5.32 Å².